The molecular formula is C24H19ClN6O2. The van der Waals surface area contributed by atoms with Gasteiger partial charge in [-0.1, -0.05) is 41.9 Å². The molecule has 0 amide bonds. The van der Waals surface area contributed by atoms with Crippen molar-refractivity contribution in [2.24, 2.45) is 0 Å². The van der Waals surface area contributed by atoms with Crippen molar-refractivity contribution in [3.8, 4) is 17.1 Å². The lowest BCUT2D eigenvalue weighted by Gasteiger charge is -2.22. The molecule has 3 heterocycles. The number of para-hydroxylation sites is 1. The normalized spacial score (nSPS) is 12.1. The van der Waals surface area contributed by atoms with Crippen molar-refractivity contribution in [2.45, 2.75) is 13.0 Å². The van der Waals surface area contributed by atoms with Gasteiger partial charge < -0.3 is 15.5 Å². The Balaban J connectivity index is 1.68. The number of nitrogen functional groups attached to an aromatic ring is 1. The quantitative estimate of drug-likeness (QED) is 0.387. The summed E-state index contributed by atoms with van der Waals surface area (Å²) in [6.07, 6.45) is 4.56. The lowest BCUT2D eigenvalue weighted by molar-refractivity contribution is 0.574. The Bertz CT molecular complexity index is 1500. The number of benzene rings is 2. The van der Waals surface area contributed by atoms with Crippen LogP contribution in [0, 0.1) is 0 Å². The summed E-state index contributed by atoms with van der Waals surface area (Å²) >= 11 is 6.40. The Morgan fingerprint density at radius 1 is 1.12 bits per heavy atom. The first-order chi connectivity index (χ1) is 16.0. The molecular weight excluding hydrogens is 440 g/mol. The summed E-state index contributed by atoms with van der Waals surface area (Å²) in [7, 11) is 0. The van der Waals surface area contributed by atoms with E-state index in [1.54, 1.807) is 23.0 Å². The molecule has 8 nitrogen and oxygen atoms in total. The summed E-state index contributed by atoms with van der Waals surface area (Å²) in [4.78, 5) is 26.2. The summed E-state index contributed by atoms with van der Waals surface area (Å²) in [6.45, 7) is 1.93. The van der Waals surface area contributed by atoms with Gasteiger partial charge >= 0.3 is 0 Å². The molecule has 0 saturated heterocycles. The molecule has 0 fully saturated rings. The fraction of sp³-hybridized carbons (Fsp3) is 0.0833. The van der Waals surface area contributed by atoms with Crippen LogP contribution in [0.15, 0.2) is 82.5 Å². The second-order valence-electron chi connectivity index (χ2n) is 7.44. The van der Waals surface area contributed by atoms with Gasteiger partial charge in [-0.05, 0) is 36.6 Å². The predicted octanol–water partition coefficient (Wildman–Crippen LogP) is 4.84. The maximum absolute atomic E-state index is 13.6. The van der Waals surface area contributed by atoms with Gasteiger partial charge in [0, 0.05) is 17.6 Å². The highest BCUT2D eigenvalue weighted by molar-refractivity contribution is 6.35. The van der Waals surface area contributed by atoms with E-state index in [4.69, 9.17) is 21.8 Å². The van der Waals surface area contributed by atoms with Crippen molar-refractivity contribution in [3.63, 3.8) is 0 Å². The zero-order valence-electron chi connectivity index (χ0n) is 17.6. The Morgan fingerprint density at radius 3 is 2.70 bits per heavy atom. The van der Waals surface area contributed by atoms with Crippen LogP contribution < -0.4 is 16.6 Å². The summed E-state index contributed by atoms with van der Waals surface area (Å²) in [5.74, 6) is 0.900. The van der Waals surface area contributed by atoms with E-state index < -0.39 is 0 Å². The first kappa shape index (κ1) is 20.7. The molecule has 33 heavy (non-hydrogen) atoms. The molecule has 5 rings (SSSR count). The van der Waals surface area contributed by atoms with E-state index in [0.717, 1.165) is 16.8 Å². The highest BCUT2D eigenvalue weighted by Crippen LogP contribution is 2.30. The lowest BCUT2D eigenvalue weighted by atomic mass is 10.1. The number of anilines is 2. The second-order valence-corrected chi connectivity index (χ2v) is 7.85. The molecule has 3 N–H and O–H groups in total. The first-order valence-corrected chi connectivity index (χ1v) is 10.6. The Hall–Kier alpha value is -4.17. The number of halogens is 1. The molecule has 9 heteroatoms. The fourth-order valence-electron chi connectivity index (χ4n) is 3.80. The van der Waals surface area contributed by atoms with Gasteiger partial charge in [0.1, 0.15) is 12.1 Å². The number of hydrogen-bond donors (Lipinski definition) is 2. The maximum Gasteiger partial charge on any atom is 0.264 e. The molecule has 5 aromatic rings. The number of fused-ring (bicyclic) bond motifs is 1. The Kier molecular flexibility index (Phi) is 5.27. The molecule has 0 aliphatic carbocycles. The van der Waals surface area contributed by atoms with Crippen LogP contribution >= 0.6 is 11.6 Å². The third-order valence-corrected chi connectivity index (χ3v) is 5.62. The molecule has 0 saturated carbocycles. The molecule has 2 aromatic carbocycles. The number of rotatable bonds is 5. The minimum absolute atomic E-state index is 0.103. The Labute approximate surface area is 193 Å². The van der Waals surface area contributed by atoms with Gasteiger partial charge in [0.2, 0.25) is 11.8 Å². The highest BCUT2D eigenvalue weighted by Gasteiger charge is 2.20. The molecule has 0 bridgehead atoms. The van der Waals surface area contributed by atoms with E-state index >= 15 is 0 Å². The summed E-state index contributed by atoms with van der Waals surface area (Å²) in [5, 5.41) is 4.97. The van der Waals surface area contributed by atoms with E-state index in [9.17, 15) is 4.79 Å². The fourth-order valence-corrected chi connectivity index (χ4v) is 4.06. The van der Waals surface area contributed by atoms with Gasteiger partial charge in [0.15, 0.2) is 0 Å². The summed E-state index contributed by atoms with van der Waals surface area (Å²) < 4.78 is 7.08. The van der Waals surface area contributed by atoms with Gasteiger partial charge in [-0.15, -0.1) is 0 Å². The van der Waals surface area contributed by atoms with Crippen LogP contribution in [0.4, 0.5) is 11.8 Å². The number of nitrogens with one attached hydrogen (secondary N) is 1. The van der Waals surface area contributed by atoms with E-state index in [-0.39, 0.29) is 17.5 Å². The third kappa shape index (κ3) is 3.81. The van der Waals surface area contributed by atoms with Crippen molar-refractivity contribution in [3.05, 3.63) is 94.3 Å². The molecule has 0 spiro atoms. The van der Waals surface area contributed by atoms with E-state index in [2.05, 4.69) is 20.3 Å². The first-order valence-electron chi connectivity index (χ1n) is 10.2. The van der Waals surface area contributed by atoms with E-state index in [1.165, 1.54) is 6.26 Å². The van der Waals surface area contributed by atoms with Crippen LogP contribution in [0.2, 0.25) is 5.02 Å². The standard InChI is InChI=1S/C24H19ClN6O2/c1-14(29-21-17(13-28-24(26)30-21)22-27-10-11-33-22)19-12-15-6-5-9-18(25)20(15)23(32)31(19)16-7-3-2-4-8-16/h2-14H,1H3,(H3,26,28,29,30)/t14-/m0/s1. The number of nitrogens with two attached hydrogens (primary N) is 1. The Morgan fingerprint density at radius 2 is 1.94 bits per heavy atom. The summed E-state index contributed by atoms with van der Waals surface area (Å²) in [6, 6.07) is 16.4. The van der Waals surface area contributed by atoms with Crippen LogP contribution in [-0.4, -0.2) is 19.5 Å². The second kappa shape index (κ2) is 8.40. The zero-order chi connectivity index (χ0) is 22.9. The van der Waals surface area contributed by atoms with Crippen molar-refractivity contribution >= 4 is 34.1 Å². The van der Waals surface area contributed by atoms with Crippen LogP contribution in [0.3, 0.4) is 0 Å². The van der Waals surface area contributed by atoms with Crippen molar-refractivity contribution in [2.75, 3.05) is 11.1 Å². The van der Waals surface area contributed by atoms with Gasteiger partial charge in [0.25, 0.3) is 5.56 Å². The average molecular weight is 459 g/mol. The molecule has 0 radical (unpaired) electrons. The SMILES string of the molecule is C[C@H](Nc1nc(N)ncc1-c1ncco1)c1cc2cccc(Cl)c2c(=O)n1-c1ccccc1. The average Bonchev–Trinajstić information content (AvgIpc) is 3.34. The van der Waals surface area contributed by atoms with Crippen LogP contribution in [0.5, 0.6) is 0 Å². The molecule has 0 aliphatic rings. The lowest BCUT2D eigenvalue weighted by Crippen LogP contribution is -2.26. The third-order valence-electron chi connectivity index (χ3n) is 5.31. The van der Waals surface area contributed by atoms with Crippen molar-refractivity contribution < 1.29 is 4.42 Å². The van der Waals surface area contributed by atoms with Gasteiger partial charge in [0.05, 0.1) is 28.2 Å². The number of pyridine rings is 1. The van der Waals surface area contributed by atoms with Crippen LogP contribution in [-0.2, 0) is 0 Å². The molecule has 0 unspecified atom stereocenters. The van der Waals surface area contributed by atoms with Gasteiger partial charge in [-0.2, -0.15) is 4.98 Å². The highest BCUT2D eigenvalue weighted by atomic mass is 35.5. The van der Waals surface area contributed by atoms with Crippen LogP contribution in [0.1, 0.15) is 18.7 Å². The van der Waals surface area contributed by atoms with Crippen molar-refractivity contribution in [1.82, 2.24) is 19.5 Å². The van der Waals surface area contributed by atoms with Crippen LogP contribution in [0.25, 0.3) is 27.9 Å². The number of aromatic nitrogens is 4. The number of nitrogens with zero attached hydrogens (tertiary/aromatic N) is 4. The molecule has 1 atom stereocenters. The number of hydrogen-bond acceptors (Lipinski definition) is 7. The predicted molar refractivity (Wildman–Crippen MR) is 129 cm³/mol. The molecule has 0 aliphatic heterocycles. The largest absolute Gasteiger partial charge is 0.444 e. The maximum atomic E-state index is 13.6. The molecule has 3 aromatic heterocycles. The van der Waals surface area contributed by atoms with E-state index in [1.807, 2.05) is 55.5 Å². The van der Waals surface area contributed by atoms with Crippen molar-refractivity contribution in [1.29, 1.82) is 0 Å². The molecule has 164 valence electrons. The zero-order valence-corrected chi connectivity index (χ0v) is 18.3. The van der Waals surface area contributed by atoms with Gasteiger partial charge in [-0.3, -0.25) is 9.36 Å². The minimum Gasteiger partial charge on any atom is -0.444 e. The van der Waals surface area contributed by atoms with E-state index in [0.29, 0.717) is 27.7 Å². The minimum atomic E-state index is -0.357. The summed E-state index contributed by atoms with van der Waals surface area (Å²) in [5.41, 5.74) is 7.64. The monoisotopic (exact) mass is 458 g/mol. The smallest absolute Gasteiger partial charge is 0.264 e. The topological polar surface area (TPSA) is 112 Å². The number of oxazole rings is 1. The van der Waals surface area contributed by atoms with Gasteiger partial charge in [-0.25, -0.2) is 9.97 Å².